The largest absolute Gasteiger partial charge is 0.780 e. The maximum absolute atomic E-state index is 11.0. The summed E-state index contributed by atoms with van der Waals surface area (Å²) in [6.07, 6.45) is 6.64. The van der Waals surface area contributed by atoms with E-state index >= 15 is 0 Å². The van der Waals surface area contributed by atoms with Gasteiger partial charge in [-0.3, -0.25) is 4.57 Å². The molecule has 2 atom stereocenters. The van der Waals surface area contributed by atoms with Gasteiger partial charge in [-0.05, 0) is 25.7 Å². The molecule has 2 N–H and O–H groups in total. The molecule has 0 saturated heterocycles. The van der Waals surface area contributed by atoms with Crippen LogP contribution in [0.5, 0.6) is 0 Å². The zero-order valence-electron chi connectivity index (χ0n) is 15.5. The second-order valence-corrected chi connectivity index (χ2v) is 9.58. The molecule has 160 valence electrons. The summed E-state index contributed by atoms with van der Waals surface area (Å²) in [6.45, 7) is -2.28. The molecule has 9 nitrogen and oxygen atoms in total. The maximum Gasteiger partial charge on any atom is 0.267 e. The highest BCUT2D eigenvalue weighted by molar-refractivity contribution is 8.06. The summed E-state index contributed by atoms with van der Waals surface area (Å²) in [4.78, 5) is 21.6. The Hall–Kier alpha value is 0.560. The molecule has 0 heterocycles. The quantitative estimate of drug-likeness (QED) is 0.269. The number of unbranched alkanes of at least 4 members (excludes halogenated alkanes) is 6. The molecule has 12 heteroatoms. The third-order valence-electron chi connectivity index (χ3n) is 3.05. The Bertz CT molecular complexity index is 363. The zero-order chi connectivity index (χ0) is 20.3. The lowest BCUT2D eigenvalue weighted by Crippen LogP contribution is -2.07. The van der Waals surface area contributed by atoms with Gasteiger partial charge in [0.15, 0.2) is 0 Å². The molecule has 0 spiro atoms. The predicted molar refractivity (Wildman–Crippen MR) is 98.9 cm³/mol. The number of aliphatic hydroxyl groups is 2. The monoisotopic (exact) mass is 438 g/mol. The zero-order valence-corrected chi connectivity index (χ0v) is 18.1. The lowest BCUT2D eigenvalue weighted by molar-refractivity contribution is -0.223. The fraction of sp³-hybridized carbons (Fsp3) is 1.00. The van der Waals surface area contributed by atoms with Gasteiger partial charge < -0.3 is 38.1 Å². The average molecular weight is 438 g/mol. The molecule has 0 saturated carbocycles. The van der Waals surface area contributed by atoms with Gasteiger partial charge in [-0.1, -0.05) is 37.5 Å². The standard InChI is InChI=1S/C7H17O5P.C7H17O4PS/c1-11-13(9,10)12-7-5-3-2-4-6-8;1-10-12(9,13)11-7-5-3-2-4-6-8/h8H,2-7H2,1H3,(H,9,10);8H,2-7H2,1H3,(H,9,13)/p-2. The van der Waals surface area contributed by atoms with E-state index in [0.717, 1.165) is 52.1 Å². The lowest BCUT2D eigenvalue weighted by atomic mass is 10.2. The van der Waals surface area contributed by atoms with Crippen molar-refractivity contribution in [3.63, 3.8) is 0 Å². The van der Waals surface area contributed by atoms with Crippen LogP contribution in [0.25, 0.3) is 0 Å². The van der Waals surface area contributed by atoms with E-state index in [4.69, 9.17) is 14.7 Å². The first kappa shape index (κ1) is 28.8. The number of phosphoric ester groups is 1. The summed E-state index contributed by atoms with van der Waals surface area (Å²) in [5.74, 6) is 0. The first-order valence-electron chi connectivity index (χ1n) is 8.49. The van der Waals surface area contributed by atoms with E-state index in [2.05, 4.69) is 25.4 Å². The molecule has 0 aromatic rings. The Morgan fingerprint density at radius 3 is 1.58 bits per heavy atom. The number of hydrogen-bond donors (Lipinski definition) is 2. The van der Waals surface area contributed by atoms with Crippen LogP contribution in [0.1, 0.15) is 51.4 Å². The van der Waals surface area contributed by atoms with Crippen molar-refractivity contribution in [3.8, 4) is 0 Å². The maximum atomic E-state index is 11.0. The molecule has 0 radical (unpaired) electrons. The van der Waals surface area contributed by atoms with Crippen LogP contribution in [0, 0.1) is 0 Å². The van der Waals surface area contributed by atoms with Gasteiger partial charge in [0.2, 0.25) is 0 Å². The van der Waals surface area contributed by atoms with Crippen LogP contribution >= 0.6 is 14.5 Å². The summed E-state index contributed by atoms with van der Waals surface area (Å²) in [5, 5.41) is 16.9. The Balaban J connectivity index is 0. The van der Waals surface area contributed by atoms with Crippen LogP contribution in [0.3, 0.4) is 0 Å². The second-order valence-electron chi connectivity index (χ2n) is 5.20. The summed E-state index contributed by atoms with van der Waals surface area (Å²) in [5.41, 5.74) is 0. The third-order valence-corrected chi connectivity index (χ3v) is 5.71. The highest BCUT2D eigenvalue weighted by Crippen LogP contribution is 2.37. The molecule has 0 aliphatic rings. The van der Waals surface area contributed by atoms with Crippen molar-refractivity contribution in [1.82, 2.24) is 0 Å². The van der Waals surface area contributed by atoms with Gasteiger partial charge in [-0.15, -0.1) is 0 Å². The fourth-order valence-corrected chi connectivity index (χ4v) is 2.73. The van der Waals surface area contributed by atoms with Crippen LogP contribution in [0.15, 0.2) is 0 Å². The molecule has 0 aliphatic carbocycles. The van der Waals surface area contributed by atoms with Gasteiger partial charge in [0.05, 0.1) is 13.2 Å². The highest BCUT2D eigenvalue weighted by Gasteiger charge is 2.04. The Labute approximate surface area is 161 Å². The molecular formula is C14H32O9P2S-2. The molecule has 0 fully saturated rings. The number of rotatable bonds is 16. The van der Waals surface area contributed by atoms with Crippen molar-refractivity contribution in [3.05, 3.63) is 0 Å². The molecule has 0 aliphatic heterocycles. The normalized spacial score (nSPS) is 15.6. The molecule has 2 unspecified atom stereocenters. The van der Waals surface area contributed by atoms with Gasteiger partial charge in [0, 0.05) is 27.4 Å². The van der Waals surface area contributed by atoms with E-state index in [9.17, 15) is 14.4 Å². The van der Waals surface area contributed by atoms with Crippen molar-refractivity contribution >= 4 is 26.3 Å². The van der Waals surface area contributed by atoms with E-state index in [1.54, 1.807) is 0 Å². The number of phosphoric acid groups is 1. The van der Waals surface area contributed by atoms with Gasteiger partial charge >= 0.3 is 0 Å². The summed E-state index contributed by atoms with van der Waals surface area (Å²) in [7, 11) is -1.68. The van der Waals surface area contributed by atoms with Gasteiger partial charge in [-0.25, -0.2) is 0 Å². The summed E-state index contributed by atoms with van der Waals surface area (Å²) in [6, 6.07) is 0. The Morgan fingerprint density at radius 1 is 0.769 bits per heavy atom. The van der Waals surface area contributed by atoms with Gasteiger partial charge in [-0.2, -0.15) is 0 Å². The molecule has 0 amide bonds. The lowest BCUT2D eigenvalue weighted by Gasteiger charge is -2.24. The van der Waals surface area contributed by atoms with Crippen LogP contribution in [0.2, 0.25) is 0 Å². The van der Waals surface area contributed by atoms with Crippen molar-refractivity contribution in [2.45, 2.75) is 51.4 Å². The molecule has 0 aromatic carbocycles. The van der Waals surface area contributed by atoms with E-state index in [1.165, 1.54) is 7.11 Å². The summed E-state index contributed by atoms with van der Waals surface area (Å²) < 4.78 is 28.5. The molecular weight excluding hydrogens is 406 g/mol. The second kappa shape index (κ2) is 18.9. The van der Waals surface area contributed by atoms with Gasteiger partial charge in [0.1, 0.15) is 6.72 Å². The number of aliphatic hydroxyl groups excluding tert-OH is 2. The van der Waals surface area contributed by atoms with Gasteiger partial charge in [0.25, 0.3) is 7.82 Å². The minimum absolute atomic E-state index is 0.153. The van der Waals surface area contributed by atoms with E-state index in [-0.39, 0.29) is 19.8 Å². The van der Waals surface area contributed by atoms with E-state index in [0.29, 0.717) is 13.0 Å². The van der Waals surface area contributed by atoms with Crippen LogP contribution in [-0.4, -0.2) is 50.9 Å². The van der Waals surface area contributed by atoms with Crippen molar-refractivity contribution in [2.24, 2.45) is 0 Å². The van der Waals surface area contributed by atoms with Crippen molar-refractivity contribution in [2.75, 3.05) is 40.6 Å². The smallest absolute Gasteiger partial charge is 0.267 e. The van der Waals surface area contributed by atoms with E-state index < -0.39 is 14.5 Å². The topological polar surface area (TPSA) is 141 Å². The van der Waals surface area contributed by atoms with Crippen LogP contribution in [-0.2, 0) is 34.5 Å². The highest BCUT2D eigenvalue weighted by atomic mass is 32.5. The summed E-state index contributed by atoms with van der Waals surface area (Å²) >= 11 is 4.52. The Morgan fingerprint density at radius 2 is 1.19 bits per heavy atom. The minimum Gasteiger partial charge on any atom is -0.780 e. The van der Waals surface area contributed by atoms with Crippen molar-refractivity contribution < 1.29 is 42.7 Å². The Kier molecular flexibility index (Phi) is 20.9. The molecule has 0 aromatic heterocycles. The first-order chi connectivity index (χ1) is 12.2. The minimum atomic E-state index is -4.03. The van der Waals surface area contributed by atoms with Crippen molar-refractivity contribution in [1.29, 1.82) is 0 Å². The molecule has 0 bridgehead atoms. The average Bonchev–Trinajstić information content (AvgIpc) is 2.61. The SMILES string of the molecule is COP(=O)([O-])OCCCCCCO.COP([O-])(=S)OCCCCCCO. The first-order valence-corrected chi connectivity index (χ1v) is 12.5. The fourth-order valence-electron chi connectivity index (χ4n) is 1.59. The number of hydrogen-bond acceptors (Lipinski definition) is 10. The van der Waals surface area contributed by atoms with Crippen LogP contribution in [0.4, 0.5) is 0 Å². The predicted octanol–water partition coefficient (Wildman–Crippen LogP) is 1.46. The molecule has 26 heavy (non-hydrogen) atoms. The van der Waals surface area contributed by atoms with Crippen LogP contribution < -0.4 is 9.79 Å². The van der Waals surface area contributed by atoms with E-state index in [1.807, 2.05) is 0 Å². The third kappa shape index (κ3) is 22.6. The molecule has 0 rings (SSSR count).